The Morgan fingerprint density at radius 2 is 1.17 bits per heavy atom. The predicted molar refractivity (Wildman–Crippen MR) is 97.3 cm³/mol. The van der Waals surface area contributed by atoms with Crippen LogP contribution in [-0.4, -0.2) is 11.1 Å². The molecule has 0 fully saturated rings. The van der Waals surface area contributed by atoms with Crippen LogP contribution in [-0.2, 0) is 12.8 Å². The predicted octanol–water partition coefficient (Wildman–Crippen LogP) is 5.23. The van der Waals surface area contributed by atoms with Crippen molar-refractivity contribution in [3.05, 3.63) is 95.6 Å². The molecule has 0 radical (unpaired) electrons. The van der Waals surface area contributed by atoms with Crippen molar-refractivity contribution in [3.8, 4) is 11.1 Å². The Balaban J connectivity index is 1.54. The Kier molecular flexibility index (Phi) is 5.07. The zero-order valence-electron chi connectivity index (χ0n) is 13.5. The van der Waals surface area contributed by atoms with E-state index < -0.39 is 5.97 Å². The van der Waals surface area contributed by atoms with E-state index in [1.54, 1.807) is 12.1 Å². The van der Waals surface area contributed by atoms with Crippen LogP contribution in [0.2, 0.25) is 0 Å². The standard InChI is InChI=1S/C22H20O2/c23-22(24)21-15-11-18(12-16-21)6-4-5-17-9-13-20(14-10-17)19-7-2-1-3-8-19/h1-3,7-16H,4-6H2,(H,23,24). The Hall–Kier alpha value is -2.87. The van der Waals surface area contributed by atoms with Crippen molar-refractivity contribution < 1.29 is 9.90 Å². The summed E-state index contributed by atoms with van der Waals surface area (Å²) in [5.41, 5.74) is 5.33. The molecule has 0 heterocycles. The fourth-order valence-electron chi connectivity index (χ4n) is 2.81. The third kappa shape index (κ3) is 4.11. The van der Waals surface area contributed by atoms with Crippen LogP contribution >= 0.6 is 0 Å². The van der Waals surface area contributed by atoms with E-state index in [1.807, 2.05) is 18.2 Å². The highest BCUT2D eigenvalue weighted by atomic mass is 16.4. The zero-order valence-corrected chi connectivity index (χ0v) is 13.5. The number of carbonyl (C=O) groups is 1. The molecular formula is C22H20O2. The van der Waals surface area contributed by atoms with Gasteiger partial charge in [0, 0.05) is 0 Å². The van der Waals surface area contributed by atoms with Gasteiger partial charge in [0.25, 0.3) is 0 Å². The first kappa shape index (κ1) is 16.0. The van der Waals surface area contributed by atoms with Crippen LogP contribution in [0.25, 0.3) is 11.1 Å². The van der Waals surface area contributed by atoms with E-state index in [4.69, 9.17) is 5.11 Å². The molecule has 0 saturated heterocycles. The molecule has 120 valence electrons. The number of hydrogen-bond donors (Lipinski definition) is 1. The summed E-state index contributed by atoms with van der Waals surface area (Å²) in [5, 5.41) is 8.91. The van der Waals surface area contributed by atoms with Gasteiger partial charge in [-0.2, -0.15) is 0 Å². The molecule has 0 aliphatic heterocycles. The maximum atomic E-state index is 10.8. The molecular weight excluding hydrogens is 296 g/mol. The quantitative estimate of drug-likeness (QED) is 0.676. The summed E-state index contributed by atoms with van der Waals surface area (Å²) in [5.74, 6) is -0.875. The highest BCUT2D eigenvalue weighted by molar-refractivity contribution is 5.87. The summed E-state index contributed by atoms with van der Waals surface area (Å²) in [6, 6.07) is 26.3. The molecule has 0 atom stereocenters. The van der Waals surface area contributed by atoms with Crippen LogP contribution in [0.1, 0.15) is 27.9 Å². The van der Waals surface area contributed by atoms with Gasteiger partial charge in [-0.05, 0) is 53.6 Å². The van der Waals surface area contributed by atoms with Crippen molar-refractivity contribution in [3.63, 3.8) is 0 Å². The van der Waals surface area contributed by atoms with Gasteiger partial charge in [-0.3, -0.25) is 0 Å². The van der Waals surface area contributed by atoms with Crippen LogP contribution < -0.4 is 0 Å². The molecule has 24 heavy (non-hydrogen) atoms. The molecule has 0 aromatic heterocycles. The minimum Gasteiger partial charge on any atom is -0.478 e. The van der Waals surface area contributed by atoms with Gasteiger partial charge in [-0.15, -0.1) is 0 Å². The van der Waals surface area contributed by atoms with Gasteiger partial charge in [0.15, 0.2) is 0 Å². The van der Waals surface area contributed by atoms with Gasteiger partial charge in [0.2, 0.25) is 0 Å². The normalized spacial score (nSPS) is 10.5. The van der Waals surface area contributed by atoms with Crippen LogP contribution in [0.4, 0.5) is 0 Å². The largest absolute Gasteiger partial charge is 0.478 e. The highest BCUT2D eigenvalue weighted by Crippen LogP contribution is 2.20. The van der Waals surface area contributed by atoms with Crippen LogP contribution in [0.5, 0.6) is 0 Å². The van der Waals surface area contributed by atoms with E-state index in [0.717, 1.165) is 19.3 Å². The second kappa shape index (κ2) is 7.60. The van der Waals surface area contributed by atoms with Crippen molar-refractivity contribution in [1.82, 2.24) is 0 Å². The second-order valence-electron chi connectivity index (χ2n) is 5.92. The molecule has 0 bridgehead atoms. The summed E-state index contributed by atoms with van der Waals surface area (Å²) >= 11 is 0. The number of rotatable bonds is 6. The monoisotopic (exact) mass is 316 g/mol. The third-order valence-electron chi connectivity index (χ3n) is 4.19. The zero-order chi connectivity index (χ0) is 16.8. The molecule has 0 saturated carbocycles. The second-order valence-corrected chi connectivity index (χ2v) is 5.92. The fraction of sp³-hybridized carbons (Fsp3) is 0.136. The SMILES string of the molecule is O=C(O)c1ccc(CCCc2ccc(-c3ccccc3)cc2)cc1. The molecule has 3 rings (SSSR count). The Morgan fingerprint density at radius 3 is 1.71 bits per heavy atom. The number of hydrogen-bond acceptors (Lipinski definition) is 1. The number of aryl methyl sites for hydroxylation is 2. The van der Waals surface area contributed by atoms with Gasteiger partial charge < -0.3 is 5.11 Å². The smallest absolute Gasteiger partial charge is 0.335 e. The van der Waals surface area contributed by atoms with Crippen molar-refractivity contribution in [2.24, 2.45) is 0 Å². The van der Waals surface area contributed by atoms with E-state index in [2.05, 4.69) is 48.5 Å². The average Bonchev–Trinajstić information content (AvgIpc) is 2.63. The first-order valence-electron chi connectivity index (χ1n) is 8.19. The molecule has 3 aromatic rings. The van der Waals surface area contributed by atoms with Crippen molar-refractivity contribution in [2.75, 3.05) is 0 Å². The molecule has 2 heteroatoms. The summed E-state index contributed by atoms with van der Waals surface area (Å²) in [6.07, 6.45) is 3.03. The van der Waals surface area contributed by atoms with Crippen molar-refractivity contribution in [1.29, 1.82) is 0 Å². The van der Waals surface area contributed by atoms with Gasteiger partial charge in [-0.25, -0.2) is 4.79 Å². The lowest BCUT2D eigenvalue weighted by Crippen LogP contribution is -1.96. The molecule has 0 unspecified atom stereocenters. The number of carboxylic acids is 1. The number of benzene rings is 3. The fourth-order valence-corrected chi connectivity index (χ4v) is 2.81. The van der Waals surface area contributed by atoms with Crippen molar-refractivity contribution in [2.45, 2.75) is 19.3 Å². The minimum absolute atomic E-state index is 0.343. The summed E-state index contributed by atoms with van der Waals surface area (Å²) in [6.45, 7) is 0. The van der Waals surface area contributed by atoms with E-state index >= 15 is 0 Å². The average molecular weight is 316 g/mol. The molecule has 0 amide bonds. The Labute approximate surface area is 142 Å². The lowest BCUT2D eigenvalue weighted by Gasteiger charge is -2.05. The first-order chi connectivity index (χ1) is 11.7. The number of aromatic carboxylic acids is 1. The third-order valence-corrected chi connectivity index (χ3v) is 4.19. The van der Waals surface area contributed by atoms with E-state index in [0.29, 0.717) is 5.56 Å². The number of carboxylic acid groups (broad SMARTS) is 1. The highest BCUT2D eigenvalue weighted by Gasteiger charge is 2.02. The minimum atomic E-state index is -0.875. The van der Waals surface area contributed by atoms with Gasteiger partial charge >= 0.3 is 5.97 Å². The molecule has 0 aliphatic rings. The molecule has 3 aromatic carbocycles. The van der Waals surface area contributed by atoms with Gasteiger partial charge in [-0.1, -0.05) is 66.7 Å². The van der Waals surface area contributed by atoms with Crippen LogP contribution in [0, 0.1) is 0 Å². The lowest BCUT2D eigenvalue weighted by atomic mass is 10.00. The van der Waals surface area contributed by atoms with Gasteiger partial charge in [0.05, 0.1) is 5.56 Å². The van der Waals surface area contributed by atoms with E-state index in [1.165, 1.54) is 22.3 Å². The molecule has 1 N–H and O–H groups in total. The topological polar surface area (TPSA) is 37.3 Å². The van der Waals surface area contributed by atoms with Crippen LogP contribution in [0.3, 0.4) is 0 Å². The Morgan fingerprint density at radius 1 is 0.667 bits per heavy atom. The van der Waals surface area contributed by atoms with Gasteiger partial charge in [0.1, 0.15) is 0 Å². The molecule has 2 nitrogen and oxygen atoms in total. The van der Waals surface area contributed by atoms with Crippen molar-refractivity contribution >= 4 is 5.97 Å². The maximum Gasteiger partial charge on any atom is 0.335 e. The van der Waals surface area contributed by atoms with E-state index in [-0.39, 0.29) is 0 Å². The van der Waals surface area contributed by atoms with Crippen LogP contribution in [0.15, 0.2) is 78.9 Å². The lowest BCUT2D eigenvalue weighted by molar-refractivity contribution is 0.0697. The molecule has 0 aliphatic carbocycles. The molecule has 0 spiro atoms. The summed E-state index contributed by atoms with van der Waals surface area (Å²) < 4.78 is 0. The maximum absolute atomic E-state index is 10.8. The first-order valence-corrected chi connectivity index (χ1v) is 8.19. The van der Waals surface area contributed by atoms with E-state index in [9.17, 15) is 4.79 Å². The summed E-state index contributed by atoms with van der Waals surface area (Å²) in [7, 11) is 0. The summed E-state index contributed by atoms with van der Waals surface area (Å²) in [4.78, 5) is 10.8. The Bertz CT molecular complexity index is 788.